The van der Waals surface area contributed by atoms with Crippen molar-refractivity contribution in [3.05, 3.63) is 41.3 Å². The first-order chi connectivity index (χ1) is 11.6. The van der Waals surface area contributed by atoms with Gasteiger partial charge in [0.25, 0.3) is 0 Å². The third-order valence-electron chi connectivity index (χ3n) is 4.12. The van der Waals surface area contributed by atoms with Gasteiger partial charge in [0, 0.05) is 17.4 Å². The van der Waals surface area contributed by atoms with E-state index >= 15 is 0 Å². The zero-order chi connectivity index (χ0) is 17.1. The second-order valence-electron chi connectivity index (χ2n) is 5.59. The highest BCUT2D eigenvalue weighted by Crippen LogP contribution is 2.35. The zero-order valence-electron chi connectivity index (χ0n) is 13.7. The maximum absolute atomic E-state index is 11.9. The van der Waals surface area contributed by atoms with Crippen LogP contribution in [0.1, 0.15) is 24.2 Å². The fourth-order valence-corrected chi connectivity index (χ4v) is 2.96. The van der Waals surface area contributed by atoms with E-state index in [9.17, 15) is 9.59 Å². The average Bonchev–Trinajstić information content (AvgIpc) is 3.00. The van der Waals surface area contributed by atoms with E-state index in [0.717, 1.165) is 42.9 Å². The summed E-state index contributed by atoms with van der Waals surface area (Å²) in [6.07, 6.45) is 5.24. The maximum atomic E-state index is 11.9. The Morgan fingerprint density at radius 2 is 1.96 bits per heavy atom. The number of rotatable bonds is 4. The second-order valence-corrected chi connectivity index (χ2v) is 5.59. The fraction of sp³-hybridized carbons (Fsp3) is 0.333. The van der Waals surface area contributed by atoms with Gasteiger partial charge in [0.05, 0.1) is 26.0 Å². The minimum absolute atomic E-state index is 0.00813. The van der Waals surface area contributed by atoms with Crippen molar-refractivity contribution in [2.24, 2.45) is 0 Å². The summed E-state index contributed by atoms with van der Waals surface area (Å²) in [5, 5.41) is 3.98. The van der Waals surface area contributed by atoms with E-state index in [2.05, 4.69) is 10.1 Å². The van der Waals surface area contributed by atoms with Gasteiger partial charge in [-0.2, -0.15) is 0 Å². The van der Waals surface area contributed by atoms with Crippen LogP contribution in [0.3, 0.4) is 0 Å². The number of esters is 2. The standard InChI is InChI=1S/C18H19NO5/c1-22-16(20)10-14(18(21)23-2)19-13-8-5-7-12-11-6-3-4-9-15(11)24-17(12)13/h5,7-8,10,19H,3-4,6,9H2,1-2H3/b14-10+. The molecule has 24 heavy (non-hydrogen) atoms. The Bertz CT molecular complexity index is 818. The molecular formula is C18H19NO5. The van der Waals surface area contributed by atoms with Crippen LogP contribution in [0.15, 0.2) is 34.4 Å². The van der Waals surface area contributed by atoms with Crippen LogP contribution in [-0.2, 0) is 31.9 Å². The largest absolute Gasteiger partial charge is 0.466 e. The molecule has 6 heteroatoms. The van der Waals surface area contributed by atoms with Crippen LogP contribution >= 0.6 is 0 Å². The van der Waals surface area contributed by atoms with Crippen molar-refractivity contribution in [3.8, 4) is 0 Å². The minimum atomic E-state index is -0.659. The van der Waals surface area contributed by atoms with Gasteiger partial charge < -0.3 is 19.2 Å². The Morgan fingerprint density at radius 3 is 2.71 bits per heavy atom. The van der Waals surface area contributed by atoms with Crippen molar-refractivity contribution in [2.45, 2.75) is 25.7 Å². The molecule has 1 aromatic carbocycles. The molecule has 2 aromatic rings. The quantitative estimate of drug-likeness (QED) is 0.686. The molecule has 1 aromatic heterocycles. The topological polar surface area (TPSA) is 77.8 Å². The first-order valence-corrected chi connectivity index (χ1v) is 7.82. The number of carbonyl (C=O) groups is 2. The molecule has 0 amide bonds. The van der Waals surface area contributed by atoms with Crippen LogP contribution in [-0.4, -0.2) is 26.2 Å². The maximum Gasteiger partial charge on any atom is 0.354 e. The molecule has 126 valence electrons. The van der Waals surface area contributed by atoms with Crippen molar-refractivity contribution in [3.63, 3.8) is 0 Å². The molecule has 0 bridgehead atoms. The lowest BCUT2D eigenvalue weighted by Gasteiger charge is -2.09. The van der Waals surface area contributed by atoms with Crippen molar-refractivity contribution < 1.29 is 23.5 Å². The Morgan fingerprint density at radius 1 is 1.17 bits per heavy atom. The molecular weight excluding hydrogens is 310 g/mol. The van der Waals surface area contributed by atoms with Gasteiger partial charge in [0.2, 0.25) is 0 Å². The third-order valence-corrected chi connectivity index (χ3v) is 4.12. The molecule has 3 rings (SSSR count). The van der Waals surface area contributed by atoms with Gasteiger partial charge in [-0.25, -0.2) is 9.59 Å². The SMILES string of the molecule is COC(=O)/C=C(/Nc1cccc2c3c(oc12)CCCC3)C(=O)OC. The number of para-hydroxylation sites is 1. The van der Waals surface area contributed by atoms with Gasteiger partial charge in [0.15, 0.2) is 5.58 Å². The molecule has 0 saturated heterocycles. The van der Waals surface area contributed by atoms with Crippen LogP contribution in [0.5, 0.6) is 0 Å². The van der Waals surface area contributed by atoms with Gasteiger partial charge in [0.1, 0.15) is 11.5 Å². The number of ether oxygens (including phenoxy) is 2. The Balaban J connectivity index is 2.02. The molecule has 0 aliphatic heterocycles. The van der Waals surface area contributed by atoms with Gasteiger partial charge >= 0.3 is 11.9 Å². The van der Waals surface area contributed by atoms with Crippen LogP contribution in [0, 0.1) is 0 Å². The highest BCUT2D eigenvalue weighted by Gasteiger charge is 2.21. The number of methoxy groups -OCH3 is 2. The Hall–Kier alpha value is -2.76. The van der Waals surface area contributed by atoms with Crippen molar-refractivity contribution in [1.82, 2.24) is 0 Å². The molecule has 1 aliphatic carbocycles. The number of hydrogen-bond donors (Lipinski definition) is 1. The summed E-state index contributed by atoms with van der Waals surface area (Å²) in [7, 11) is 2.50. The lowest BCUT2D eigenvalue weighted by molar-refractivity contribution is -0.138. The smallest absolute Gasteiger partial charge is 0.354 e. The number of nitrogens with one attached hydrogen (secondary N) is 1. The van der Waals surface area contributed by atoms with Crippen LogP contribution in [0.2, 0.25) is 0 Å². The fourth-order valence-electron chi connectivity index (χ4n) is 2.96. The van der Waals surface area contributed by atoms with Crippen molar-refractivity contribution in [1.29, 1.82) is 0 Å². The minimum Gasteiger partial charge on any atom is -0.466 e. The lowest BCUT2D eigenvalue weighted by atomic mass is 9.96. The molecule has 1 heterocycles. The Labute approximate surface area is 139 Å². The van der Waals surface area contributed by atoms with Crippen LogP contribution < -0.4 is 5.32 Å². The predicted octanol–water partition coefficient (Wildman–Crippen LogP) is 2.95. The summed E-state index contributed by atoms with van der Waals surface area (Å²) in [4.78, 5) is 23.4. The summed E-state index contributed by atoms with van der Waals surface area (Å²) in [6, 6.07) is 5.70. The number of carbonyl (C=O) groups excluding carboxylic acids is 2. The highest BCUT2D eigenvalue weighted by atomic mass is 16.5. The number of aryl methyl sites for hydroxylation is 2. The van der Waals surface area contributed by atoms with E-state index < -0.39 is 11.9 Å². The molecule has 6 nitrogen and oxygen atoms in total. The first-order valence-electron chi connectivity index (χ1n) is 7.82. The van der Waals surface area contributed by atoms with E-state index in [-0.39, 0.29) is 5.70 Å². The molecule has 0 atom stereocenters. The molecule has 1 aliphatic rings. The summed E-state index contributed by atoms with van der Waals surface area (Å²) in [5.74, 6) is -0.301. The monoisotopic (exact) mass is 329 g/mol. The summed E-state index contributed by atoms with van der Waals surface area (Å²) in [6.45, 7) is 0. The van der Waals surface area contributed by atoms with Crippen molar-refractivity contribution >= 4 is 28.6 Å². The molecule has 0 radical (unpaired) electrons. The average molecular weight is 329 g/mol. The van der Waals surface area contributed by atoms with E-state index in [1.165, 1.54) is 19.8 Å². The van der Waals surface area contributed by atoms with Gasteiger partial charge in [-0.1, -0.05) is 12.1 Å². The van der Waals surface area contributed by atoms with Gasteiger partial charge in [-0.3, -0.25) is 0 Å². The number of furan rings is 1. The van der Waals surface area contributed by atoms with Crippen molar-refractivity contribution in [2.75, 3.05) is 19.5 Å². The molecule has 0 unspecified atom stereocenters. The molecule has 0 fully saturated rings. The number of fused-ring (bicyclic) bond motifs is 3. The van der Waals surface area contributed by atoms with Crippen LogP contribution in [0.25, 0.3) is 11.0 Å². The molecule has 0 spiro atoms. The Kier molecular flexibility index (Phi) is 4.55. The summed E-state index contributed by atoms with van der Waals surface area (Å²) in [5.41, 5.74) is 2.52. The van der Waals surface area contributed by atoms with E-state index in [4.69, 9.17) is 9.15 Å². The van der Waals surface area contributed by atoms with E-state index in [1.54, 1.807) is 6.07 Å². The summed E-state index contributed by atoms with van der Waals surface area (Å²) >= 11 is 0. The normalized spacial score (nSPS) is 14.2. The zero-order valence-corrected chi connectivity index (χ0v) is 13.7. The first kappa shape index (κ1) is 16.1. The summed E-state index contributed by atoms with van der Waals surface area (Å²) < 4.78 is 15.3. The lowest BCUT2D eigenvalue weighted by Crippen LogP contribution is -2.15. The van der Waals surface area contributed by atoms with Gasteiger partial charge in [-0.15, -0.1) is 0 Å². The second kappa shape index (κ2) is 6.78. The molecule has 0 saturated carbocycles. The van der Waals surface area contributed by atoms with E-state index in [0.29, 0.717) is 11.3 Å². The number of hydrogen-bond acceptors (Lipinski definition) is 6. The van der Waals surface area contributed by atoms with Gasteiger partial charge in [-0.05, 0) is 25.3 Å². The number of anilines is 1. The third kappa shape index (κ3) is 2.99. The highest BCUT2D eigenvalue weighted by molar-refractivity contribution is 6.01. The van der Waals surface area contributed by atoms with E-state index in [1.807, 2.05) is 12.1 Å². The predicted molar refractivity (Wildman–Crippen MR) is 88.6 cm³/mol. The molecule has 1 N–H and O–H groups in total. The van der Waals surface area contributed by atoms with Crippen LogP contribution in [0.4, 0.5) is 5.69 Å². The number of benzene rings is 1.